The molecular formula is C51H27BClF24NO3. The minimum atomic E-state index is -6.13. The van der Waals surface area contributed by atoms with Gasteiger partial charge in [-0.2, -0.15) is 132 Å². The standard InChI is InChI=1S/C32H12BF24.C19H15ClNO3/c34-25(35,36)13-1-14(26(37,38)39)6-21(5-13)33(22-7-15(27(40,41)42)2-16(8-22)28(43,44)45,23-9-17(29(46,47)48)3-18(10-23)30(49,50)51)24-11-19(31(52,53)54)4-20(12-24)32(55,56)57;20-13-24-19(23)18-16-9-5-4-6-14(16)10-11-21(18)12-17(22)15-7-2-1-3-8-15/h1-12H;1-11H,12-13H2/q-1;+1. The Balaban J connectivity index is 0.000000363. The molecule has 1 heterocycles. The van der Waals surface area contributed by atoms with Gasteiger partial charge in [-0.3, -0.25) is 4.79 Å². The number of rotatable bonds is 9. The van der Waals surface area contributed by atoms with Crippen molar-refractivity contribution in [3.8, 4) is 0 Å². The van der Waals surface area contributed by atoms with Crippen molar-refractivity contribution in [1.29, 1.82) is 0 Å². The van der Waals surface area contributed by atoms with Crippen LogP contribution in [0.1, 0.15) is 65.4 Å². The molecule has 0 aliphatic rings. The molecule has 432 valence electrons. The van der Waals surface area contributed by atoms with Crippen molar-refractivity contribution in [1.82, 2.24) is 0 Å². The molecule has 0 aliphatic heterocycles. The number of nitrogens with zero attached hydrogens (tertiary/aromatic N) is 1. The van der Waals surface area contributed by atoms with Gasteiger partial charge in [-0.15, -0.1) is 0 Å². The van der Waals surface area contributed by atoms with Crippen LogP contribution < -0.4 is 26.4 Å². The van der Waals surface area contributed by atoms with Gasteiger partial charge in [-0.1, -0.05) is 109 Å². The van der Waals surface area contributed by atoms with Gasteiger partial charge in [0, 0.05) is 11.6 Å². The Bertz CT molecular complexity index is 3030. The van der Waals surface area contributed by atoms with Gasteiger partial charge in [0.05, 0.1) is 49.9 Å². The third-order valence-corrected chi connectivity index (χ3v) is 12.3. The van der Waals surface area contributed by atoms with Gasteiger partial charge in [0.15, 0.2) is 12.3 Å². The summed E-state index contributed by atoms with van der Waals surface area (Å²) in [5, 5.41) is 1.61. The van der Waals surface area contributed by atoms with Gasteiger partial charge in [0.2, 0.25) is 12.3 Å². The summed E-state index contributed by atoms with van der Waals surface area (Å²) < 4.78 is 347. The monoisotopic (exact) mass is 1200 g/mol. The van der Waals surface area contributed by atoms with E-state index in [1.807, 2.05) is 36.4 Å². The number of halogens is 25. The van der Waals surface area contributed by atoms with Crippen molar-refractivity contribution in [2.45, 2.75) is 56.0 Å². The van der Waals surface area contributed by atoms with Gasteiger partial charge in [-0.05, 0) is 35.7 Å². The summed E-state index contributed by atoms with van der Waals surface area (Å²) in [5.74, 6) is -0.640. The van der Waals surface area contributed by atoms with E-state index in [2.05, 4.69) is 0 Å². The van der Waals surface area contributed by atoms with E-state index >= 15 is 0 Å². The lowest BCUT2D eigenvalue weighted by atomic mass is 9.12. The Morgan fingerprint density at radius 3 is 0.963 bits per heavy atom. The average molecular weight is 1200 g/mol. The van der Waals surface area contributed by atoms with Gasteiger partial charge < -0.3 is 4.74 Å². The van der Waals surface area contributed by atoms with Gasteiger partial charge in [-0.25, -0.2) is 4.79 Å². The number of benzene rings is 6. The van der Waals surface area contributed by atoms with Crippen molar-refractivity contribution in [3.63, 3.8) is 0 Å². The molecule has 7 aromatic rings. The third kappa shape index (κ3) is 14.2. The topological polar surface area (TPSA) is 47.2 Å². The summed E-state index contributed by atoms with van der Waals surface area (Å²) >= 11 is 5.53. The molecular weight excluding hydrogens is 1180 g/mol. The van der Waals surface area contributed by atoms with E-state index in [0.717, 1.165) is 10.8 Å². The highest BCUT2D eigenvalue weighted by Gasteiger charge is 2.47. The number of pyridine rings is 1. The first-order chi connectivity index (χ1) is 37.0. The van der Waals surface area contributed by atoms with Crippen LogP contribution in [-0.4, -0.2) is 24.0 Å². The smallest absolute Gasteiger partial charge is 0.416 e. The van der Waals surface area contributed by atoms with Crippen LogP contribution in [0.2, 0.25) is 0 Å². The Morgan fingerprint density at radius 1 is 0.395 bits per heavy atom. The van der Waals surface area contributed by atoms with Crippen molar-refractivity contribution in [3.05, 3.63) is 195 Å². The summed E-state index contributed by atoms with van der Waals surface area (Å²) in [4.78, 5) is 24.8. The maximum Gasteiger partial charge on any atom is 0.416 e. The molecule has 0 bridgehead atoms. The van der Waals surface area contributed by atoms with E-state index in [4.69, 9.17) is 16.3 Å². The van der Waals surface area contributed by atoms with Crippen molar-refractivity contribution in [2.75, 3.05) is 6.07 Å². The molecule has 30 heteroatoms. The fraction of sp³-hybridized carbons (Fsp3) is 0.196. The zero-order valence-electron chi connectivity index (χ0n) is 39.4. The predicted octanol–water partition coefficient (Wildman–Crippen LogP) is 14.6. The number of ether oxygens (including phenoxy) is 1. The predicted molar refractivity (Wildman–Crippen MR) is 241 cm³/mol. The summed E-state index contributed by atoms with van der Waals surface area (Å²) in [6.07, 6.45) is -53.1. The number of carbonyl (C=O) groups is 2. The SMILES string of the molecule is FC(F)(F)c1cc([B-](c2cc(C(F)(F)F)cc(C(F)(F)F)c2)(c2cc(C(F)(F)F)cc(C(F)(F)F)c2)c2cc(C(F)(F)F)cc(C(F)(F)F)c2)cc(C(F)(F)F)c1.O=C(C[n+]1ccc2ccccc2c1C(=O)OCCl)c1ccccc1. The highest BCUT2D eigenvalue weighted by atomic mass is 35.5. The summed E-state index contributed by atoms with van der Waals surface area (Å²) in [6.45, 7) is 0.0432. The molecule has 7 rings (SSSR count). The lowest BCUT2D eigenvalue weighted by Gasteiger charge is -2.46. The molecule has 0 atom stereocenters. The lowest BCUT2D eigenvalue weighted by Crippen LogP contribution is -2.75. The molecule has 0 spiro atoms. The second-order valence-corrected chi connectivity index (χ2v) is 17.7. The van der Waals surface area contributed by atoms with Crippen molar-refractivity contribution < 1.29 is 124 Å². The number of hydrogen-bond acceptors (Lipinski definition) is 3. The second kappa shape index (κ2) is 22.1. The highest BCUT2D eigenvalue weighted by Crippen LogP contribution is 2.41. The van der Waals surface area contributed by atoms with E-state index in [1.165, 1.54) is 0 Å². The minimum Gasteiger partial charge on any atom is -0.441 e. The largest absolute Gasteiger partial charge is 0.441 e. The fourth-order valence-electron chi connectivity index (χ4n) is 8.68. The Hall–Kier alpha value is -7.46. The van der Waals surface area contributed by atoms with E-state index < -0.39 is 201 Å². The first-order valence-corrected chi connectivity index (χ1v) is 22.6. The third-order valence-electron chi connectivity index (χ3n) is 12.2. The molecule has 6 aromatic carbocycles. The number of carbonyl (C=O) groups excluding carboxylic acids is 2. The van der Waals surface area contributed by atoms with E-state index in [-0.39, 0.29) is 18.4 Å². The molecule has 0 fully saturated rings. The van der Waals surface area contributed by atoms with Crippen LogP contribution in [0.25, 0.3) is 10.8 Å². The number of ketones is 1. The maximum atomic E-state index is 14.2. The van der Waals surface area contributed by atoms with Gasteiger partial charge in [0.1, 0.15) is 6.15 Å². The number of aromatic nitrogens is 1. The van der Waals surface area contributed by atoms with Gasteiger partial charge >= 0.3 is 55.4 Å². The Labute approximate surface area is 443 Å². The van der Waals surface area contributed by atoms with E-state index in [1.54, 1.807) is 35.0 Å². The normalized spacial score (nSPS) is 13.2. The molecule has 0 radical (unpaired) electrons. The minimum absolute atomic E-state index is 0.0432. The van der Waals surface area contributed by atoms with E-state index in [0.29, 0.717) is 11.3 Å². The van der Waals surface area contributed by atoms with Crippen molar-refractivity contribution in [2.24, 2.45) is 0 Å². The quantitative estimate of drug-likeness (QED) is 0.0361. The van der Waals surface area contributed by atoms with Crippen LogP contribution >= 0.6 is 11.6 Å². The van der Waals surface area contributed by atoms with Crippen LogP contribution in [0.4, 0.5) is 105 Å². The molecule has 1 aromatic heterocycles. The molecule has 0 saturated heterocycles. The van der Waals surface area contributed by atoms with Crippen LogP contribution in [0.15, 0.2) is 140 Å². The van der Waals surface area contributed by atoms with Crippen LogP contribution in [0, 0.1) is 0 Å². The fourth-order valence-corrected chi connectivity index (χ4v) is 8.77. The summed E-state index contributed by atoms with van der Waals surface area (Å²) in [7, 11) is 0. The van der Waals surface area contributed by atoms with E-state index in [9.17, 15) is 115 Å². The lowest BCUT2D eigenvalue weighted by molar-refractivity contribution is -0.684. The first kappa shape index (κ1) is 62.7. The Kier molecular flexibility index (Phi) is 17.1. The average Bonchev–Trinajstić information content (AvgIpc) is 3.56. The van der Waals surface area contributed by atoms with Gasteiger partial charge in [0.25, 0.3) is 5.69 Å². The number of fused-ring (bicyclic) bond motifs is 1. The molecule has 0 amide bonds. The highest BCUT2D eigenvalue weighted by molar-refractivity contribution is 7.20. The molecule has 0 aliphatic carbocycles. The molecule has 0 saturated carbocycles. The van der Waals surface area contributed by atoms with Crippen LogP contribution in [-0.2, 0) is 60.7 Å². The molecule has 0 N–H and O–H groups in total. The first-order valence-electron chi connectivity index (χ1n) is 22.0. The summed E-state index contributed by atoms with van der Waals surface area (Å²) in [5.41, 5.74) is -29.3. The van der Waals surface area contributed by atoms with Crippen LogP contribution in [0.5, 0.6) is 0 Å². The zero-order chi connectivity index (χ0) is 60.9. The molecule has 4 nitrogen and oxygen atoms in total. The Morgan fingerprint density at radius 2 is 0.679 bits per heavy atom. The number of Topliss-reactive ketones (excluding diaryl/α,β-unsaturated/α-hetero) is 1. The number of hydrogen-bond donors (Lipinski definition) is 0. The second-order valence-electron chi connectivity index (χ2n) is 17.4. The molecule has 81 heavy (non-hydrogen) atoms. The van der Waals surface area contributed by atoms with Crippen LogP contribution in [0.3, 0.4) is 0 Å². The number of alkyl halides is 25. The number of esters is 1. The zero-order valence-corrected chi connectivity index (χ0v) is 40.1. The maximum absolute atomic E-state index is 14.2. The molecule has 0 unspecified atom stereocenters. The summed E-state index contributed by atoms with van der Waals surface area (Å²) in [6, 6.07) is 9.23. The van der Waals surface area contributed by atoms with Crippen molar-refractivity contribution >= 4 is 62.1 Å².